The van der Waals surface area contributed by atoms with Gasteiger partial charge in [0.2, 0.25) is 0 Å². The van der Waals surface area contributed by atoms with Gasteiger partial charge in [-0.3, -0.25) is 4.79 Å². The van der Waals surface area contributed by atoms with E-state index in [1.807, 2.05) is 44.1 Å². The first-order chi connectivity index (χ1) is 11.5. The van der Waals surface area contributed by atoms with E-state index in [9.17, 15) is 4.79 Å². The van der Waals surface area contributed by atoms with Gasteiger partial charge in [0, 0.05) is 25.9 Å². The Hall–Kier alpha value is -2.83. The van der Waals surface area contributed by atoms with Gasteiger partial charge in [-0.25, -0.2) is 9.97 Å². The molecule has 1 N–H and O–H groups in total. The third-order valence-corrected chi connectivity index (χ3v) is 3.22. The van der Waals surface area contributed by atoms with Gasteiger partial charge < -0.3 is 19.7 Å². The molecule has 0 saturated heterocycles. The van der Waals surface area contributed by atoms with Crippen molar-refractivity contribution in [2.45, 2.75) is 13.5 Å². The number of nitrogens with one attached hydrogen (secondary N) is 1. The number of methoxy groups -OCH3 is 1. The predicted octanol–water partition coefficient (Wildman–Crippen LogP) is 1.55. The van der Waals surface area contributed by atoms with E-state index in [4.69, 9.17) is 9.47 Å². The largest absolute Gasteiger partial charge is 0.493 e. The van der Waals surface area contributed by atoms with Gasteiger partial charge in [-0.2, -0.15) is 0 Å². The molecule has 0 aliphatic heterocycles. The average Bonchev–Trinajstić information content (AvgIpc) is 2.57. The number of para-hydroxylation sites is 2. The molecule has 0 aliphatic rings. The summed E-state index contributed by atoms with van der Waals surface area (Å²) in [5.41, 5.74) is 0.850. The molecule has 0 radical (unpaired) electrons. The van der Waals surface area contributed by atoms with Gasteiger partial charge in [0.1, 0.15) is 11.6 Å². The number of amides is 1. The smallest absolute Gasteiger partial charge is 0.258 e. The van der Waals surface area contributed by atoms with Gasteiger partial charge in [-0.15, -0.1) is 0 Å². The number of carbonyl (C=O) groups is 1. The highest BCUT2D eigenvalue weighted by atomic mass is 16.5. The van der Waals surface area contributed by atoms with Crippen LogP contribution in [-0.4, -0.2) is 43.7 Å². The molecule has 0 bridgehead atoms. The summed E-state index contributed by atoms with van der Waals surface area (Å²) in [5.74, 6) is 2.22. The van der Waals surface area contributed by atoms with Crippen molar-refractivity contribution in [2.24, 2.45) is 0 Å². The van der Waals surface area contributed by atoms with Gasteiger partial charge in [0.15, 0.2) is 18.1 Å². The van der Waals surface area contributed by atoms with Gasteiger partial charge in [0.25, 0.3) is 5.91 Å². The molecule has 2 aromatic rings. The summed E-state index contributed by atoms with van der Waals surface area (Å²) in [5, 5.41) is 2.75. The molecular weight excluding hydrogens is 308 g/mol. The highest BCUT2D eigenvalue weighted by Crippen LogP contribution is 2.25. The van der Waals surface area contributed by atoms with E-state index >= 15 is 0 Å². The normalized spacial score (nSPS) is 10.2. The third kappa shape index (κ3) is 4.84. The Morgan fingerprint density at radius 1 is 1.21 bits per heavy atom. The van der Waals surface area contributed by atoms with Gasteiger partial charge >= 0.3 is 0 Å². The minimum atomic E-state index is -0.252. The van der Waals surface area contributed by atoms with Crippen LogP contribution in [0.4, 0.5) is 5.82 Å². The molecule has 1 heterocycles. The number of aromatic nitrogens is 2. The lowest BCUT2D eigenvalue weighted by atomic mass is 10.3. The van der Waals surface area contributed by atoms with Crippen LogP contribution in [0.2, 0.25) is 0 Å². The summed E-state index contributed by atoms with van der Waals surface area (Å²) in [6.45, 7) is 2.04. The molecule has 1 aromatic heterocycles. The van der Waals surface area contributed by atoms with E-state index in [2.05, 4.69) is 15.3 Å². The molecule has 2 rings (SSSR count). The monoisotopic (exact) mass is 330 g/mol. The van der Waals surface area contributed by atoms with Crippen LogP contribution in [0.25, 0.3) is 0 Å². The second kappa shape index (κ2) is 8.14. The lowest BCUT2D eigenvalue weighted by Gasteiger charge is -2.13. The molecule has 0 saturated carbocycles. The number of anilines is 1. The lowest BCUT2D eigenvalue weighted by molar-refractivity contribution is -0.123. The summed E-state index contributed by atoms with van der Waals surface area (Å²) in [7, 11) is 5.37. The standard InChI is InChI=1S/C17H22N4O3/c1-12-9-16(21(2)3)20-15(19-12)10-18-17(22)11-24-14-8-6-5-7-13(14)23-4/h5-9H,10-11H2,1-4H3,(H,18,22). The van der Waals surface area contributed by atoms with E-state index in [1.54, 1.807) is 19.2 Å². The number of aryl methyl sites for hydroxylation is 1. The van der Waals surface area contributed by atoms with Crippen molar-refractivity contribution in [3.63, 3.8) is 0 Å². The second-order valence-electron chi connectivity index (χ2n) is 5.39. The van der Waals surface area contributed by atoms with Crippen molar-refractivity contribution in [3.8, 4) is 11.5 Å². The van der Waals surface area contributed by atoms with Gasteiger partial charge in [-0.1, -0.05) is 12.1 Å². The predicted molar refractivity (Wildman–Crippen MR) is 91.4 cm³/mol. The number of carbonyl (C=O) groups excluding carboxylic acids is 1. The lowest BCUT2D eigenvalue weighted by Crippen LogP contribution is -2.29. The summed E-state index contributed by atoms with van der Waals surface area (Å²) in [6, 6.07) is 9.06. The molecule has 1 aromatic carbocycles. The maximum Gasteiger partial charge on any atom is 0.258 e. The Kier molecular flexibility index (Phi) is 5.95. The molecule has 0 atom stereocenters. The van der Waals surface area contributed by atoms with E-state index in [0.717, 1.165) is 11.5 Å². The zero-order valence-corrected chi connectivity index (χ0v) is 14.4. The van der Waals surface area contributed by atoms with Crippen molar-refractivity contribution >= 4 is 11.7 Å². The fourth-order valence-corrected chi connectivity index (χ4v) is 2.03. The fourth-order valence-electron chi connectivity index (χ4n) is 2.03. The van der Waals surface area contributed by atoms with Crippen molar-refractivity contribution in [2.75, 3.05) is 32.7 Å². The number of rotatable bonds is 7. The highest BCUT2D eigenvalue weighted by Gasteiger charge is 2.09. The molecule has 128 valence electrons. The Labute approximate surface area is 141 Å². The molecule has 1 amide bonds. The van der Waals surface area contributed by atoms with Crippen molar-refractivity contribution in [1.82, 2.24) is 15.3 Å². The number of benzene rings is 1. The molecule has 0 fully saturated rings. The first-order valence-electron chi connectivity index (χ1n) is 7.54. The van der Waals surface area contributed by atoms with E-state index in [1.165, 1.54) is 0 Å². The van der Waals surface area contributed by atoms with Crippen LogP contribution in [0, 0.1) is 6.92 Å². The zero-order valence-electron chi connectivity index (χ0n) is 14.4. The summed E-state index contributed by atoms with van der Waals surface area (Å²) < 4.78 is 10.7. The van der Waals surface area contributed by atoms with E-state index in [0.29, 0.717) is 17.3 Å². The molecule has 0 aliphatic carbocycles. The van der Waals surface area contributed by atoms with Crippen LogP contribution >= 0.6 is 0 Å². The zero-order chi connectivity index (χ0) is 17.5. The fraction of sp³-hybridized carbons (Fsp3) is 0.353. The first kappa shape index (κ1) is 17.5. The van der Waals surface area contributed by atoms with Crippen molar-refractivity contribution in [3.05, 3.63) is 41.9 Å². The SMILES string of the molecule is COc1ccccc1OCC(=O)NCc1nc(C)cc(N(C)C)n1. The van der Waals surface area contributed by atoms with Crippen LogP contribution < -0.4 is 19.7 Å². The van der Waals surface area contributed by atoms with Crippen LogP contribution in [-0.2, 0) is 11.3 Å². The number of nitrogens with zero attached hydrogens (tertiary/aromatic N) is 3. The Morgan fingerprint density at radius 2 is 1.92 bits per heavy atom. The molecular formula is C17H22N4O3. The van der Waals surface area contributed by atoms with Crippen LogP contribution in [0.1, 0.15) is 11.5 Å². The summed E-state index contributed by atoms with van der Waals surface area (Å²) in [6.07, 6.45) is 0. The van der Waals surface area contributed by atoms with Gasteiger partial charge in [0.05, 0.1) is 13.7 Å². The molecule has 0 spiro atoms. The Balaban J connectivity index is 1.89. The van der Waals surface area contributed by atoms with E-state index in [-0.39, 0.29) is 19.1 Å². The van der Waals surface area contributed by atoms with Crippen molar-refractivity contribution < 1.29 is 14.3 Å². The number of ether oxygens (including phenoxy) is 2. The van der Waals surface area contributed by atoms with Crippen LogP contribution in [0.3, 0.4) is 0 Å². The Morgan fingerprint density at radius 3 is 2.58 bits per heavy atom. The quantitative estimate of drug-likeness (QED) is 0.830. The minimum Gasteiger partial charge on any atom is -0.493 e. The molecule has 0 unspecified atom stereocenters. The maximum atomic E-state index is 12.0. The molecule has 7 nitrogen and oxygen atoms in total. The van der Waals surface area contributed by atoms with Crippen LogP contribution in [0.15, 0.2) is 30.3 Å². The number of hydrogen-bond donors (Lipinski definition) is 1. The summed E-state index contributed by atoms with van der Waals surface area (Å²) in [4.78, 5) is 22.6. The average molecular weight is 330 g/mol. The van der Waals surface area contributed by atoms with Crippen LogP contribution in [0.5, 0.6) is 11.5 Å². The Bertz CT molecular complexity index is 704. The second-order valence-corrected chi connectivity index (χ2v) is 5.39. The number of hydrogen-bond acceptors (Lipinski definition) is 6. The topological polar surface area (TPSA) is 76.6 Å². The van der Waals surface area contributed by atoms with E-state index < -0.39 is 0 Å². The summed E-state index contributed by atoms with van der Waals surface area (Å²) >= 11 is 0. The highest BCUT2D eigenvalue weighted by molar-refractivity contribution is 5.77. The minimum absolute atomic E-state index is 0.104. The maximum absolute atomic E-state index is 12.0. The molecule has 7 heteroatoms. The van der Waals surface area contributed by atoms with Crippen molar-refractivity contribution in [1.29, 1.82) is 0 Å². The third-order valence-electron chi connectivity index (χ3n) is 3.22. The van der Waals surface area contributed by atoms with Gasteiger partial charge in [-0.05, 0) is 19.1 Å². The first-order valence-corrected chi connectivity index (χ1v) is 7.54. The molecule has 24 heavy (non-hydrogen) atoms.